The van der Waals surface area contributed by atoms with Crippen molar-refractivity contribution >= 4 is 33.7 Å². The molecule has 0 bridgehead atoms. The van der Waals surface area contributed by atoms with Gasteiger partial charge in [-0.25, -0.2) is 0 Å². The Morgan fingerprint density at radius 3 is 1.67 bits per heavy atom. The molecule has 0 N–H and O–H groups in total. The minimum atomic E-state index is -5.15. The normalized spacial score (nSPS) is 12.2. The summed E-state index contributed by atoms with van der Waals surface area (Å²) in [6, 6.07) is 34.9. The summed E-state index contributed by atoms with van der Waals surface area (Å²) < 4.78 is 92.5. The van der Waals surface area contributed by atoms with Crippen LogP contribution < -0.4 is 9.47 Å². The van der Waals surface area contributed by atoms with Gasteiger partial charge in [-0.05, 0) is 74.8 Å². The molecule has 0 heterocycles. The minimum Gasteiger partial charge on any atom is -0.485 e. The Hall–Kier alpha value is -5.24. The minimum absolute atomic E-state index is 0.00395. The SMILES string of the molecule is FC(F)(F)c1ccc(/C=C/c2ccc3cc4ccc(OCc5ccccc5)c(OCc5ccccc5)c4cc3c2)cc1C(F)(F)F. The molecular weight excluding hydrogens is 602 g/mol. The Balaban J connectivity index is 1.36. The van der Waals surface area contributed by atoms with E-state index in [2.05, 4.69) is 0 Å². The number of hydrogen-bond donors (Lipinski definition) is 0. The Labute approximate surface area is 261 Å². The summed E-state index contributed by atoms with van der Waals surface area (Å²) in [6.07, 6.45) is -7.34. The molecule has 6 rings (SSSR count). The maximum atomic E-state index is 13.4. The number of alkyl halides is 6. The smallest absolute Gasteiger partial charge is 0.417 e. The molecule has 0 aliphatic carbocycles. The molecule has 6 aromatic rings. The highest BCUT2D eigenvalue weighted by Crippen LogP contribution is 2.41. The zero-order chi connectivity index (χ0) is 32.3. The van der Waals surface area contributed by atoms with E-state index >= 15 is 0 Å². The Morgan fingerprint density at radius 1 is 0.478 bits per heavy atom. The van der Waals surface area contributed by atoms with E-state index in [1.807, 2.05) is 97.1 Å². The second-order valence-corrected chi connectivity index (χ2v) is 10.8. The Kier molecular flexibility index (Phi) is 8.45. The third kappa shape index (κ3) is 7.01. The predicted molar refractivity (Wildman–Crippen MR) is 168 cm³/mol. The average molecular weight is 629 g/mol. The number of rotatable bonds is 8. The van der Waals surface area contributed by atoms with Crippen LogP contribution in [-0.2, 0) is 25.6 Å². The van der Waals surface area contributed by atoms with E-state index in [1.165, 1.54) is 6.08 Å². The standard InChI is InChI=1S/C38H26F6O2/c39-37(40,41)33-17-14-26(20-34(33)38(42,43)44)12-11-25-13-15-29-21-30-16-18-35(45-23-27-7-3-1-4-8-27)36(32(30)22-31(29)19-25)46-24-28-9-5-2-6-10-28/h1-22H,23-24H2/b12-11+. The van der Waals surface area contributed by atoms with Gasteiger partial charge < -0.3 is 9.47 Å². The lowest BCUT2D eigenvalue weighted by atomic mass is 9.99. The highest BCUT2D eigenvalue weighted by Gasteiger charge is 2.42. The van der Waals surface area contributed by atoms with Gasteiger partial charge in [0, 0.05) is 5.39 Å². The monoisotopic (exact) mass is 628 g/mol. The number of hydrogen-bond acceptors (Lipinski definition) is 2. The first-order chi connectivity index (χ1) is 22.0. The van der Waals surface area contributed by atoms with Gasteiger partial charge in [0.15, 0.2) is 11.5 Å². The molecule has 0 aliphatic heterocycles. The van der Waals surface area contributed by atoms with Crippen molar-refractivity contribution in [2.75, 3.05) is 0 Å². The van der Waals surface area contributed by atoms with Gasteiger partial charge in [0.25, 0.3) is 0 Å². The number of fused-ring (bicyclic) bond motifs is 2. The lowest BCUT2D eigenvalue weighted by Crippen LogP contribution is -2.16. The molecule has 6 aromatic carbocycles. The van der Waals surface area contributed by atoms with Gasteiger partial charge in [0.1, 0.15) is 13.2 Å². The van der Waals surface area contributed by atoms with Gasteiger partial charge in [-0.15, -0.1) is 0 Å². The van der Waals surface area contributed by atoms with Crippen molar-refractivity contribution in [3.05, 3.63) is 155 Å². The molecule has 8 heteroatoms. The first-order valence-corrected chi connectivity index (χ1v) is 14.4. The molecule has 0 aromatic heterocycles. The summed E-state index contributed by atoms with van der Waals surface area (Å²) in [6.45, 7) is 0.659. The molecule has 0 saturated carbocycles. The Bertz CT molecular complexity index is 2010. The van der Waals surface area contributed by atoms with Crippen molar-refractivity contribution in [2.24, 2.45) is 0 Å². The molecule has 0 saturated heterocycles. The molecule has 0 aliphatic rings. The molecule has 0 fully saturated rings. The second kappa shape index (κ2) is 12.6. The van der Waals surface area contributed by atoms with Crippen LogP contribution in [0.1, 0.15) is 33.4 Å². The van der Waals surface area contributed by atoms with Gasteiger partial charge in [0.2, 0.25) is 0 Å². The molecule has 0 spiro atoms. The predicted octanol–water partition coefficient (Wildman–Crippen LogP) is 11.4. The van der Waals surface area contributed by atoms with Crippen LogP contribution in [0.2, 0.25) is 0 Å². The molecule has 0 atom stereocenters. The zero-order valence-electron chi connectivity index (χ0n) is 24.2. The maximum absolute atomic E-state index is 13.4. The largest absolute Gasteiger partial charge is 0.485 e. The van der Waals surface area contributed by atoms with E-state index in [-0.39, 0.29) is 5.56 Å². The van der Waals surface area contributed by atoms with Crippen LogP contribution in [0.15, 0.2) is 121 Å². The second-order valence-electron chi connectivity index (χ2n) is 10.8. The summed E-state index contributed by atoms with van der Waals surface area (Å²) in [7, 11) is 0. The molecule has 46 heavy (non-hydrogen) atoms. The van der Waals surface area contributed by atoms with Gasteiger partial charge in [0.05, 0.1) is 11.1 Å². The van der Waals surface area contributed by atoms with E-state index in [4.69, 9.17) is 9.47 Å². The van der Waals surface area contributed by atoms with Crippen molar-refractivity contribution in [3.8, 4) is 11.5 Å². The summed E-state index contributed by atoms with van der Waals surface area (Å²) >= 11 is 0. The summed E-state index contributed by atoms with van der Waals surface area (Å²) in [4.78, 5) is 0. The van der Waals surface area contributed by atoms with Crippen LogP contribution in [-0.4, -0.2) is 0 Å². The first-order valence-electron chi connectivity index (χ1n) is 14.4. The number of halogens is 6. The fraction of sp³-hybridized carbons (Fsp3) is 0.105. The zero-order valence-corrected chi connectivity index (χ0v) is 24.2. The van der Waals surface area contributed by atoms with Crippen molar-refractivity contribution in [3.63, 3.8) is 0 Å². The molecule has 232 valence electrons. The summed E-state index contributed by atoms with van der Waals surface area (Å²) in [5.41, 5.74) is -0.799. The summed E-state index contributed by atoms with van der Waals surface area (Å²) in [5.74, 6) is 1.15. The van der Waals surface area contributed by atoms with Crippen LogP contribution in [0, 0.1) is 0 Å². The molecule has 0 amide bonds. The van der Waals surface area contributed by atoms with Crippen LogP contribution in [0.3, 0.4) is 0 Å². The third-order valence-corrected chi connectivity index (χ3v) is 7.50. The van der Waals surface area contributed by atoms with E-state index in [0.29, 0.717) is 42.4 Å². The van der Waals surface area contributed by atoms with E-state index < -0.39 is 23.5 Å². The van der Waals surface area contributed by atoms with Crippen molar-refractivity contribution in [1.29, 1.82) is 0 Å². The van der Waals surface area contributed by atoms with Crippen molar-refractivity contribution in [2.45, 2.75) is 25.6 Å². The summed E-state index contributed by atoms with van der Waals surface area (Å²) in [5, 5.41) is 3.50. The fourth-order valence-electron chi connectivity index (χ4n) is 5.21. The highest BCUT2D eigenvalue weighted by atomic mass is 19.4. The quantitative estimate of drug-likeness (QED) is 0.0949. The highest BCUT2D eigenvalue weighted by molar-refractivity contribution is 6.02. The lowest BCUT2D eigenvalue weighted by Gasteiger charge is -2.16. The number of benzene rings is 6. The Morgan fingerprint density at radius 2 is 1.04 bits per heavy atom. The topological polar surface area (TPSA) is 18.5 Å². The van der Waals surface area contributed by atoms with Crippen LogP contribution in [0.5, 0.6) is 11.5 Å². The van der Waals surface area contributed by atoms with E-state index in [9.17, 15) is 26.3 Å². The molecular formula is C38H26F6O2. The van der Waals surface area contributed by atoms with E-state index in [1.54, 1.807) is 12.1 Å². The molecule has 0 radical (unpaired) electrons. The van der Waals surface area contributed by atoms with Crippen LogP contribution in [0.25, 0.3) is 33.7 Å². The van der Waals surface area contributed by atoms with Crippen molar-refractivity contribution in [1.82, 2.24) is 0 Å². The lowest BCUT2D eigenvalue weighted by molar-refractivity contribution is -0.162. The molecule has 0 unspecified atom stereocenters. The average Bonchev–Trinajstić information content (AvgIpc) is 3.04. The van der Waals surface area contributed by atoms with Crippen LogP contribution in [0.4, 0.5) is 26.3 Å². The van der Waals surface area contributed by atoms with Gasteiger partial charge in [-0.1, -0.05) is 97.1 Å². The van der Waals surface area contributed by atoms with Crippen LogP contribution >= 0.6 is 0 Å². The molecule has 2 nitrogen and oxygen atoms in total. The fourth-order valence-corrected chi connectivity index (χ4v) is 5.21. The van der Waals surface area contributed by atoms with Gasteiger partial charge in [-0.2, -0.15) is 26.3 Å². The third-order valence-electron chi connectivity index (χ3n) is 7.50. The van der Waals surface area contributed by atoms with E-state index in [0.717, 1.165) is 38.7 Å². The maximum Gasteiger partial charge on any atom is 0.417 e. The van der Waals surface area contributed by atoms with Gasteiger partial charge in [-0.3, -0.25) is 0 Å². The van der Waals surface area contributed by atoms with Gasteiger partial charge >= 0.3 is 12.4 Å². The first kappa shape index (κ1) is 30.8. The van der Waals surface area contributed by atoms with Crippen molar-refractivity contribution < 1.29 is 35.8 Å². The number of ether oxygens (including phenoxy) is 2.